The van der Waals surface area contributed by atoms with Crippen molar-refractivity contribution in [2.75, 3.05) is 6.54 Å². The summed E-state index contributed by atoms with van der Waals surface area (Å²) >= 11 is 0. The maximum absolute atomic E-state index is 5.45. The van der Waals surface area contributed by atoms with Crippen LogP contribution in [0, 0.1) is 5.92 Å². The van der Waals surface area contributed by atoms with Crippen LogP contribution in [0.15, 0.2) is 10.6 Å². The van der Waals surface area contributed by atoms with Gasteiger partial charge >= 0.3 is 0 Å². The molecule has 0 bridgehead atoms. The molecule has 19 heavy (non-hydrogen) atoms. The van der Waals surface area contributed by atoms with Crippen LogP contribution in [0.25, 0.3) is 0 Å². The Morgan fingerprint density at radius 3 is 2.68 bits per heavy atom. The fraction of sp³-hybridized carbons (Fsp3) is 0.800. The Kier molecular flexibility index (Phi) is 4.99. The Labute approximate surface area is 116 Å². The fourth-order valence-corrected chi connectivity index (χ4v) is 2.11. The molecule has 1 heterocycles. The molecule has 108 valence electrons. The first-order valence-electron chi connectivity index (χ1n) is 7.46. The summed E-state index contributed by atoms with van der Waals surface area (Å²) in [6.07, 6.45) is 2.78. The van der Waals surface area contributed by atoms with Gasteiger partial charge in [0.2, 0.25) is 0 Å². The molecule has 2 rings (SSSR count). The van der Waals surface area contributed by atoms with Crippen LogP contribution in [0.4, 0.5) is 0 Å². The second kappa shape index (κ2) is 6.53. The van der Waals surface area contributed by atoms with E-state index < -0.39 is 0 Å². The Balaban J connectivity index is 1.85. The van der Waals surface area contributed by atoms with Crippen molar-refractivity contribution in [3.63, 3.8) is 0 Å². The summed E-state index contributed by atoms with van der Waals surface area (Å²) in [5.74, 6) is 1.89. The second-order valence-electron chi connectivity index (χ2n) is 6.29. The zero-order chi connectivity index (χ0) is 13.8. The van der Waals surface area contributed by atoms with Gasteiger partial charge in [-0.15, -0.1) is 0 Å². The molecule has 1 saturated carbocycles. The molecule has 1 aromatic rings. The van der Waals surface area contributed by atoms with Crippen LogP contribution in [0.2, 0.25) is 0 Å². The van der Waals surface area contributed by atoms with Crippen LogP contribution >= 0.6 is 0 Å². The van der Waals surface area contributed by atoms with Gasteiger partial charge in [0, 0.05) is 31.2 Å². The van der Waals surface area contributed by atoms with Crippen LogP contribution in [-0.2, 0) is 13.1 Å². The van der Waals surface area contributed by atoms with Crippen molar-refractivity contribution in [1.29, 1.82) is 0 Å². The van der Waals surface area contributed by atoms with Gasteiger partial charge in [-0.25, -0.2) is 0 Å². The fourth-order valence-electron chi connectivity index (χ4n) is 2.11. The van der Waals surface area contributed by atoms with Gasteiger partial charge in [-0.3, -0.25) is 4.90 Å². The minimum absolute atomic E-state index is 0.474. The van der Waals surface area contributed by atoms with Gasteiger partial charge in [0.1, 0.15) is 0 Å². The molecule has 1 N–H and O–H groups in total. The molecule has 1 aliphatic rings. The van der Waals surface area contributed by atoms with Crippen molar-refractivity contribution in [3.8, 4) is 0 Å². The zero-order valence-corrected chi connectivity index (χ0v) is 12.6. The number of nitrogens with one attached hydrogen (secondary N) is 1. The van der Waals surface area contributed by atoms with Gasteiger partial charge in [-0.2, -0.15) is 0 Å². The first-order valence-corrected chi connectivity index (χ1v) is 7.46. The van der Waals surface area contributed by atoms with Crippen molar-refractivity contribution in [2.45, 2.75) is 65.7 Å². The van der Waals surface area contributed by atoms with Crippen molar-refractivity contribution in [1.82, 2.24) is 15.4 Å². The van der Waals surface area contributed by atoms with Gasteiger partial charge in [0.25, 0.3) is 0 Å². The van der Waals surface area contributed by atoms with Crippen LogP contribution in [0.3, 0.4) is 0 Å². The van der Waals surface area contributed by atoms with Crippen molar-refractivity contribution in [3.05, 3.63) is 17.5 Å². The highest BCUT2D eigenvalue weighted by Crippen LogP contribution is 2.30. The predicted octanol–water partition coefficient (Wildman–Crippen LogP) is 2.79. The van der Waals surface area contributed by atoms with Crippen molar-refractivity contribution >= 4 is 0 Å². The lowest BCUT2D eigenvalue weighted by Gasteiger charge is -2.24. The quantitative estimate of drug-likeness (QED) is 0.785. The molecule has 4 heteroatoms. The van der Waals surface area contributed by atoms with Gasteiger partial charge < -0.3 is 9.84 Å². The first kappa shape index (κ1) is 14.5. The average molecular weight is 265 g/mol. The van der Waals surface area contributed by atoms with Crippen LogP contribution in [0.1, 0.15) is 52.0 Å². The Morgan fingerprint density at radius 2 is 2.11 bits per heavy atom. The Bertz CT molecular complexity index is 382. The van der Waals surface area contributed by atoms with E-state index in [9.17, 15) is 0 Å². The van der Waals surface area contributed by atoms with Gasteiger partial charge in [0.15, 0.2) is 5.76 Å². The topological polar surface area (TPSA) is 41.3 Å². The number of hydrogen-bond acceptors (Lipinski definition) is 4. The number of nitrogens with zero attached hydrogens (tertiary/aromatic N) is 2. The smallest absolute Gasteiger partial charge is 0.151 e. The van der Waals surface area contributed by atoms with E-state index in [0.717, 1.165) is 30.5 Å². The average Bonchev–Trinajstić information content (AvgIpc) is 3.04. The summed E-state index contributed by atoms with van der Waals surface area (Å²) in [4.78, 5) is 2.48. The summed E-state index contributed by atoms with van der Waals surface area (Å²) in [5, 5.41) is 7.49. The summed E-state index contributed by atoms with van der Waals surface area (Å²) < 4.78 is 5.45. The lowest BCUT2D eigenvalue weighted by atomic mass is 10.2. The van der Waals surface area contributed by atoms with Crippen molar-refractivity contribution < 1.29 is 4.52 Å². The lowest BCUT2D eigenvalue weighted by molar-refractivity contribution is 0.181. The van der Waals surface area contributed by atoms with Crippen LogP contribution in [0.5, 0.6) is 0 Å². The van der Waals surface area contributed by atoms with Crippen LogP contribution in [-0.4, -0.2) is 28.7 Å². The van der Waals surface area contributed by atoms with Gasteiger partial charge in [0.05, 0.1) is 12.2 Å². The first-order chi connectivity index (χ1) is 9.04. The summed E-state index contributed by atoms with van der Waals surface area (Å²) in [6, 6.07) is 3.11. The number of rotatable bonds is 8. The molecule has 1 fully saturated rings. The third-order valence-corrected chi connectivity index (χ3v) is 3.58. The normalized spacial score (nSPS) is 15.9. The summed E-state index contributed by atoms with van der Waals surface area (Å²) in [5.41, 5.74) is 0.999. The summed E-state index contributed by atoms with van der Waals surface area (Å²) in [6.45, 7) is 11.6. The molecule has 4 nitrogen and oxygen atoms in total. The van der Waals surface area contributed by atoms with E-state index in [0.29, 0.717) is 12.1 Å². The second-order valence-corrected chi connectivity index (χ2v) is 6.29. The molecular weight excluding hydrogens is 238 g/mol. The molecule has 0 radical (unpaired) electrons. The van der Waals surface area contributed by atoms with Crippen LogP contribution < -0.4 is 5.32 Å². The third kappa shape index (κ3) is 4.96. The molecule has 0 saturated heterocycles. The standard InChI is InChI=1S/C15H27N3O/c1-11(2)16-8-14-7-15(19-17-14)10-18(12(3)4)9-13-5-6-13/h7,11-13,16H,5-6,8-10H2,1-4H3. The minimum Gasteiger partial charge on any atom is -0.360 e. The molecule has 0 atom stereocenters. The Hall–Kier alpha value is -0.870. The third-order valence-electron chi connectivity index (χ3n) is 3.58. The van der Waals surface area contributed by atoms with E-state index in [4.69, 9.17) is 4.52 Å². The van der Waals surface area contributed by atoms with E-state index in [1.54, 1.807) is 0 Å². The predicted molar refractivity (Wildman–Crippen MR) is 76.7 cm³/mol. The van der Waals surface area contributed by atoms with E-state index >= 15 is 0 Å². The monoisotopic (exact) mass is 265 g/mol. The van der Waals surface area contributed by atoms with Crippen molar-refractivity contribution in [2.24, 2.45) is 5.92 Å². The zero-order valence-electron chi connectivity index (χ0n) is 12.6. The lowest BCUT2D eigenvalue weighted by Crippen LogP contribution is -2.32. The maximum atomic E-state index is 5.45. The molecule has 0 aromatic carbocycles. The van der Waals surface area contributed by atoms with E-state index in [1.165, 1.54) is 19.4 Å². The molecule has 0 spiro atoms. The highest BCUT2D eigenvalue weighted by molar-refractivity contribution is 5.05. The molecule has 1 aliphatic carbocycles. The number of aromatic nitrogens is 1. The number of hydrogen-bond donors (Lipinski definition) is 1. The summed E-state index contributed by atoms with van der Waals surface area (Å²) in [7, 11) is 0. The molecular formula is C15H27N3O. The SMILES string of the molecule is CC(C)NCc1cc(CN(CC2CC2)C(C)C)on1. The molecule has 0 amide bonds. The maximum Gasteiger partial charge on any atom is 0.151 e. The van der Waals surface area contributed by atoms with E-state index in [1.807, 2.05) is 0 Å². The highest BCUT2D eigenvalue weighted by atomic mass is 16.5. The van der Waals surface area contributed by atoms with Gasteiger partial charge in [-0.1, -0.05) is 19.0 Å². The van der Waals surface area contributed by atoms with E-state index in [-0.39, 0.29) is 0 Å². The highest BCUT2D eigenvalue weighted by Gasteiger charge is 2.26. The molecule has 1 aromatic heterocycles. The minimum atomic E-state index is 0.474. The Morgan fingerprint density at radius 1 is 1.37 bits per heavy atom. The largest absolute Gasteiger partial charge is 0.360 e. The molecule has 0 aliphatic heterocycles. The van der Waals surface area contributed by atoms with Gasteiger partial charge in [-0.05, 0) is 32.6 Å². The van der Waals surface area contributed by atoms with E-state index in [2.05, 4.69) is 49.1 Å². The molecule has 0 unspecified atom stereocenters.